The fourth-order valence-electron chi connectivity index (χ4n) is 4.05. The quantitative estimate of drug-likeness (QED) is 0.368. The lowest BCUT2D eigenvalue weighted by atomic mass is 9.65. The van der Waals surface area contributed by atoms with Crippen molar-refractivity contribution in [1.29, 1.82) is 0 Å². The van der Waals surface area contributed by atoms with Crippen molar-refractivity contribution in [1.82, 2.24) is 0 Å². The van der Waals surface area contributed by atoms with Gasteiger partial charge in [-0.1, -0.05) is 65.8 Å². The van der Waals surface area contributed by atoms with E-state index in [0.717, 1.165) is 28.6 Å². The normalized spacial score (nSPS) is 11.5. The van der Waals surface area contributed by atoms with Crippen LogP contribution in [0.25, 0.3) is 11.1 Å². The standard InChI is InChI=1S/C20H18BN2O2.3C2H6/c1-13-17(24-3)10-11-18-19(13)23-20-15(8-6-12-22(20)2)14-7-4-5-9-16(14)21(23)25-18;3*1-2/h4-12H,1-3H3;3*1-2H3/q+1;;;. The number of nitrogens with zero attached hydrogens (tertiary/aromatic N) is 2. The summed E-state index contributed by atoms with van der Waals surface area (Å²) in [6.45, 7) is 14.1. The number of benzene rings is 2. The highest BCUT2D eigenvalue weighted by atomic mass is 16.5. The van der Waals surface area contributed by atoms with Crippen LogP contribution in [-0.2, 0) is 7.05 Å². The van der Waals surface area contributed by atoms with Gasteiger partial charge in [-0.2, -0.15) is 0 Å². The minimum Gasteiger partial charge on any atom is -0.514 e. The molecule has 2 aromatic carbocycles. The number of fused-ring (bicyclic) bond motifs is 8. The van der Waals surface area contributed by atoms with E-state index < -0.39 is 0 Å². The Balaban J connectivity index is 0.000000527. The van der Waals surface area contributed by atoms with Crippen molar-refractivity contribution in [2.24, 2.45) is 7.05 Å². The fourth-order valence-corrected chi connectivity index (χ4v) is 4.05. The second kappa shape index (κ2) is 10.9. The zero-order valence-corrected chi connectivity index (χ0v) is 20.5. The predicted molar refractivity (Wildman–Crippen MR) is 133 cm³/mol. The molecule has 0 spiro atoms. The maximum Gasteiger partial charge on any atom is 0.648 e. The topological polar surface area (TPSA) is 25.6 Å². The van der Waals surface area contributed by atoms with Crippen LogP contribution in [-0.4, -0.2) is 14.2 Å². The van der Waals surface area contributed by atoms with Gasteiger partial charge in [0.25, 0.3) is 5.82 Å². The average molecular weight is 419 g/mol. The molecule has 0 aliphatic carbocycles. The van der Waals surface area contributed by atoms with Gasteiger partial charge in [-0.05, 0) is 36.8 Å². The molecule has 3 heterocycles. The SMILES string of the molecule is CC.CC.CC.COc1ccc2c(c1C)N1B(O2)c2ccccc2-c2ccc[n+](C)c21. The van der Waals surface area contributed by atoms with Gasteiger partial charge in [0.15, 0.2) is 5.69 Å². The molecule has 0 N–H and O–H groups in total. The first kappa shape index (κ1) is 24.3. The molecule has 0 radical (unpaired) electrons. The first-order valence-corrected chi connectivity index (χ1v) is 11.4. The number of anilines is 2. The van der Waals surface area contributed by atoms with Gasteiger partial charge in [0, 0.05) is 11.0 Å². The van der Waals surface area contributed by atoms with Crippen LogP contribution in [0.15, 0.2) is 54.7 Å². The zero-order valence-electron chi connectivity index (χ0n) is 20.5. The Hall–Kier alpha value is -2.95. The number of ether oxygens (including phenoxy) is 1. The molecule has 31 heavy (non-hydrogen) atoms. The van der Waals surface area contributed by atoms with Crippen molar-refractivity contribution in [3.05, 3.63) is 60.3 Å². The van der Waals surface area contributed by atoms with Gasteiger partial charge in [0.1, 0.15) is 11.5 Å². The van der Waals surface area contributed by atoms with Crippen molar-refractivity contribution >= 4 is 24.0 Å². The highest BCUT2D eigenvalue weighted by Gasteiger charge is 2.54. The van der Waals surface area contributed by atoms with E-state index in [2.05, 4.69) is 65.9 Å². The van der Waals surface area contributed by atoms with Crippen molar-refractivity contribution < 1.29 is 14.0 Å². The van der Waals surface area contributed by atoms with Gasteiger partial charge in [-0.25, -0.2) is 9.38 Å². The van der Waals surface area contributed by atoms with E-state index in [0.29, 0.717) is 0 Å². The lowest BCUT2D eigenvalue weighted by Crippen LogP contribution is -2.54. The van der Waals surface area contributed by atoms with Crippen LogP contribution in [0.3, 0.4) is 0 Å². The van der Waals surface area contributed by atoms with Crippen LogP contribution in [0.5, 0.6) is 11.5 Å². The van der Waals surface area contributed by atoms with Crippen LogP contribution in [0.1, 0.15) is 47.1 Å². The molecule has 0 saturated heterocycles. The van der Waals surface area contributed by atoms with E-state index in [1.54, 1.807) is 7.11 Å². The molecule has 2 aliphatic rings. The number of aromatic nitrogens is 1. The van der Waals surface area contributed by atoms with Gasteiger partial charge in [-0.15, -0.1) is 0 Å². The highest BCUT2D eigenvalue weighted by molar-refractivity contribution is 6.77. The fraction of sp³-hybridized carbons (Fsp3) is 0.346. The molecule has 3 aromatic rings. The Labute approximate surface area is 188 Å². The Bertz CT molecular complexity index is 1020. The summed E-state index contributed by atoms with van der Waals surface area (Å²) in [7, 11) is 3.64. The molecule has 164 valence electrons. The highest BCUT2D eigenvalue weighted by Crippen LogP contribution is 2.49. The molecule has 0 unspecified atom stereocenters. The van der Waals surface area contributed by atoms with Crippen LogP contribution >= 0.6 is 0 Å². The van der Waals surface area contributed by atoms with Gasteiger partial charge in [0.2, 0.25) is 0 Å². The second-order valence-corrected chi connectivity index (χ2v) is 6.52. The number of methoxy groups -OCH3 is 1. The number of hydrogen-bond donors (Lipinski definition) is 0. The number of aryl methyl sites for hydroxylation is 1. The van der Waals surface area contributed by atoms with Crippen molar-refractivity contribution in [2.45, 2.75) is 48.5 Å². The summed E-state index contributed by atoms with van der Waals surface area (Å²) in [5.41, 5.74) is 5.82. The Kier molecular flexibility index (Phi) is 8.55. The predicted octanol–water partition coefficient (Wildman–Crippen LogP) is 5.81. The van der Waals surface area contributed by atoms with Gasteiger partial charge in [0.05, 0.1) is 25.9 Å². The molecule has 1 aromatic heterocycles. The molecule has 4 nitrogen and oxygen atoms in total. The summed E-state index contributed by atoms with van der Waals surface area (Å²) >= 11 is 0. The molecule has 5 heteroatoms. The van der Waals surface area contributed by atoms with Gasteiger partial charge in [-0.3, -0.25) is 0 Å². The maximum atomic E-state index is 6.39. The number of pyridine rings is 1. The Morgan fingerprint density at radius 1 is 0.871 bits per heavy atom. The van der Waals surface area contributed by atoms with Gasteiger partial charge >= 0.3 is 7.05 Å². The minimum atomic E-state index is -0.155. The summed E-state index contributed by atoms with van der Waals surface area (Å²) in [4.78, 5) is 2.30. The Morgan fingerprint density at radius 2 is 1.52 bits per heavy atom. The molecule has 2 aliphatic heterocycles. The molecular weight excluding hydrogens is 383 g/mol. The smallest absolute Gasteiger partial charge is 0.514 e. The third-order valence-electron chi connectivity index (χ3n) is 5.17. The first-order chi connectivity index (χ1) is 15.2. The summed E-state index contributed by atoms with van der Waals surface area (Å²) in [5, 5.41) is 0. The summed E-state index contributed by atoms with van der Waals surface area (Å²) < 4.78 is 14.1. The third kappa shape index (κ3) is 4.01. The number of hydrogen-bond acceptors (Lipinski definition) is 3. The maximum absolute atomic E-state index is 6.39. The van der Waals surface area contributed by atoms with E-state index in [9.17, 15) is 0 Å². The molecule has 0 fully saturated rings. The average Bonchev–Trinajstić information content (AvgIpc) is 3.24. The van der Waals surface area contributed by atoms with E-state index >= 15 is 0 Å². The third-order valence-corrected chi connectivity index (χ3v) is 5.17. The first-order valence-electron chi connectivity index (χ1n) is 11.4. The summed E-state index contributed by atoms with van der Waals surface area (Å²) in [5.74, 6) is 2.91. The lowest BCUT2D eigenvalue weighted by Gasteiger charge is -2.26. The van der Waals surface area contributed by atoms with Crippen LogP contribution in [0.2, 0.25) is 0 Å². The zero-order chi connectivity index (χ0) is 23.1. The molecule has 5 rings (SSSR count). The van der Waals surface area contributed by atoms with E-state index in [1.165, 1.54) is 16.6 Å². The second-order valence-electron chi connectivity index (χ2n) is 6.52. The molecule has 0 saturated carbocycles. The summed E-state index contributed by atoms with van der Waals surface area (Å²) in [6, 6.07) is 16.7. The van der Waals surface area contributed by atoms with Crippen LogP contribution in [0.4, 0.5) is 11.5 Å². The van der Waals surface area contributed by atoms with Crippen molar-refractivity contribution in [2.75, 3.05) is 11.9 Å². The monoisotopic (exact) mass is 419 g/mol. The van der Waals surface area contributed by atoms with E-state index in [1.807, 2.05) is 53.7 Å². The van der Waals surface area contributed by atoms with Crippen molar-refractivity contribution in [3.8, 4) is 22.6 Å². The molecule has 0 amide bonds. The summed E-state index contributed by atoms with van der Waals surface area (Å²) in [6.07, 6.45) is 2.08. The number of rotatable bonds is 1. The largest absolute Gasteiger partial charge is 0.648 e. The Morgan fingerprint density at radius 3 is 2.19 bits per heavy atom. The van der Waals surface area contributed by atoms with E-state index in [4.69, 9.17) is 9.39 Å². The minimum absolute atomic E-state index is 0.155. The lowest BCUT2D eigenvalue weighted by molar-refractivity contribution is -0.657. The molecule has 0 bridgehead atoms. The van der Waals surface area contributed by atoms with Crippen LogP contribution < -0.4 is 24.2 Å². The van der Waals surface area contributed by atoms with Crippen molar-refractivity contribution in [3.63, 3.8) is 0 Å². The van der Waals surface area contributed by atoms with Gasteiger partial charge < -0.3 is 9.39 Å². The van der Waals surface area contributed by atoms with E-state index in [-0.39, 0.29) is 7.05 Å². The molecular formula is C26H36BN2O2+. The van der Waals surface area contributed by atoms with Crippen LogP contribution in [0, 0.1) is 6.92 Å². The molecule has 0 atom stereocenters.